The third-order valence-electron chi connectivity index (χ3n) is 3.72. The van der Waals surface area contributed by atoms with E-state index in [0.717, 1.165) is 5.56 Å². The van der Waals surface area contributed by atoms with Crippen LogP contribution in [0.3, 0.4) is 0 Å². The Morgan fingerprint density at radius 2 is 1.81 bits per heavy atom. The number of carbonyl (C=O) groups excluding carboxylic acids is 1. The first-order valence-electron chi connectivity index (χ1n) is 7.87. The third-order valence-corrected chi connectivity index (χ3v) is 5.40. The van der Waals surface area contributed by atoms with E-state index >= 15 is 0 Å². The van der Waals surface area contributed by atoms with Crippen LogP contribution in [0.15, 0.2) is 24.3 Å². The first kappa shape index (κ1) is 21.7. The van der Waals surface area contributed by atoms with Crippen LogP contribution in [0.4, 0.5) is 0 Å². The Hall–Kier alpha value is -1.55. The lowest BCUT2D eigenvalue weighted by atomic mass is 10.1. The lowest BCUT2D eigenvalue weighted by molar-refractivity contribution is 0.0726. The largest absolute Gasteiger partial charge is 0.332 e. The second kappa shape index (κ2) is 9.59. The number of nitriles is 1. The Balaban J connectivity index is 2.38. The maximum atomic E-state index is 13.1. The summed E-state index contributed by atoms with van der Waals surface area (Å²) in [7, 11) is 3.81. The van der Waals surface area contributed by atoms with Crippen molar-refractivity contribution in [3.8, 4) is 6.07 Å². The van der Waals surface area contributed by atoms with Crippen LogP contribution in [0.2, 0.25) is 20.2 Å². The van der Waals surface area contributed by atoms with E-state index in [1.54, 1.807) is 23.1 Å². The van der Waals surface area contributed by atoms with Crippen LogP contribution in [-0.4, -0.2) is 47.9 Å². The van der Waals surface area contributed by atoms with Crippen LogP contribution in [-0.2, 0) is 6.54 Å². The molecule has 5 nitrogen and oxygen atoms in total. The Kier molecular flexibility index (Phi) is 7.72. The fourth-order valence-corrected chi connectivity index (χ4v) is 3.12. The Morgan fingerprint density at radius 3 is 2.44 bits per heavy atom. The van der Waals surface area contributed by atoms with Crippen molar-refractivity contribution in [3.63, 3.8) is 0 Å². The monoisotopic (exact) mass is 444 g/mol. The van der Waals surface area contributed by atoms with Crippen LogP contribution in [0, 0.1) is 11.3 Å². The van der Waals surface area contributed by atoms with E-state index in [0.29, 0.717) is 18.7 Å². The van der Waals surface area contributed by atoms with Gasteiger partial charge in [-0.15, -0.1) is 0 Å². The average molecular weight is 446 g/mol. The van der Waals surface area contributed by atoms with Gasteiger partial charge < -0.3 is 9.80 Å². The van der Waals surface area contributed by atoms with E-state index < -0.39 is 5.91 Å². The third kappa shape index (κ3) is 5.47. The van der Waals surface area contributed by atoms with Gasteiger partial charge in [0.05, 0.1) is 26.7 Å². The molecule has 0 atom stereocenters. The van der Waals surface area contributed by atoms with Crippen molar-refractivity contribution in [2.24, 2.45) is 0 Å². The zero-order valence-corrected chi connectivity index (χ0v) is 17.7. The van der Waals surface area contributed by atoms with Gasteiger partial charge in [-0.2, -0.15) is 5.26 Å². The number of nitrogens with zero attached hydrogens (tertiary/aromatic N) is 4. The quantitative estimate of drug-likeness (QED) is 0.600. The molecular weight excluding hydrogens is 430 g/mol. The molecule has 0 saturated carbocycles. The van der Waals surface area contributed by atoms with E-state index in [1.807, 2.05) is 25.1 Å². The summed E-state index contributed by atoms with van der Waals surface area (Å²) in [5, 5.41) is 8.93. The van der Waals surface area contributed by atoms with Gasteiger partial charge in [0.1, 0.15) is 10.8 Å². The molecule has 2 aromatic rings. The van der Waals surface area contributed by atoms with Crippen LogP contribution < -0.4 is 0 Å². The topological polar surface area (TPSA) is 60.2 Å². The number of likely N-dealkylation sites (N-methyl/N-ethyl adjacent to an activating group) is 1. The molecule has 0 fully saturated rings. The molecule has 27 heavy (non-hydrogen) atoms. The molecule has 1 heterocycles. The zero-order chi connectivity index (χ0) is 20.1. The fraction of sp³-hybridized carbons (Fsp3) is 0.278. The number of hydrogen-bond donors (Lipinski definition) is 0. The number of benzene rings is 1. The van der Waals surface area contributed by atoms with E-state index in [1.165, 1.54) is 0 Å². The van der Waals surface area contributed by atoms with Gasteiger partial charge in [-0.25, -0.2) is 4.98 Å². The lowest BCUT2D eigenvalue weighted by Gasteiger charge is -2.25. The summed E-state index contributed by atoms with van der Waals surface area (Å²) in [5.74, 6) is -0.426. The summed E-state index contributed by atoms with van der Waals surface area (Å²) in [5.41, 5.74) is 1.26. The normalized spacial score (nSPS) is 10.7. The van der Waals surface area contributed by atoms with E-state index in [-0.39, 0.29) is 32.5 Å². The van der Waals surface area contributed by atoms with Crippen molar-refractivity contribution >= 4 is 52.3 Å². The van der Waals surface area contributed by atoms with Gasteiger partial charge in [0.15, 0.2) is 0 Å². The fourth-order valence-electron chi connectivity index (χ4n) is 2.31. The van der Waals surface area contributed by atoms with Crippen molar-refractivity contribution in [2.75, 3.05) is 27.2 Å². The van der Waals surface area contributed by atoms with Crippen molar-refractivity contribution in [3.05, 3.63) is 61.3 Å². The number of hydrogen-bond acceptors (Lipinski definition) is 4. The van der Waals surface area contributed by atoms with Crippen molar-refractivity contribution in [1.82, 2.24) is 14.8 Å². The van der Waals surface area contributed by atoms with Crippen molar-refractivity contribution < 1.29 is 4.79 Å². The Labute approximate surface area is 178 Å². The zero-order valence-electron chi connectivity index (χ0n) is 14.6. The van der Waals surface area contributed by atoms with Crippen LogP contribution >= 0.6 is 46.4 Å². The van der Waals surface area contributed by atoms with Crippen LogP contribution in [0.5, 0.6) is 0 Å². The molecule has 1 aromatic carbocycles. The minimum absolute atomic E-state index is 0.00134. The van der Waals surface area contributed by atoms with Gasteiger partial charge in [-0.05, 0) is 31.8 Å². The summed E-state index contributed by atoms with van der Waals surface area (Å²) >= 11 is 24.1. The number of pyridine rings is 1. The molecule has 142 valence electrons. The molecule has 0 N–H and O–H groups in total. The maximum Gasteiger partial charge on any atom is 0.274 e. The van der Waals surface area contributed by atoms with Crippen molar-refractivity contribution in [2.45, 2.75) is 6.54 Å². The smallest absolute Gasteiger partial charge is 0.274 e. The van der Waals surface area contributed by atoms with Crippen molar-refractivity contribution in [1.29, 1.82) is 5.26 Å². The average Bonchev–Trinajstić information content (AvgIpc) is 2.65. The summed E-state index contributed by atoms with van der Waals surface area (Å²) < 4.78 is 0. The Bertz CT molecular complexity index is 896. The van der Waals surface area contributed by atoms with Gasteiger partial charge in [0, 0.05) is 19.6 Å². The second-order valence-corrected chi connectivity index (χ2v) is 7.53. The van der Waals surface area contributed by atoms with Gasteiger partial charge in [-0.1, -0.05) is 58.5 Å². The summed E-state index contributed by atoms with van der Waals surface area (Å²) in [4.78, 5) is 20.6. The van der Waals surface area contributed by atoms with E-state index in [2.05, 4.69) is 11.1 Å². The van der Waals surface area contributed by atoms with Gasteiger partial charge >= 0.3 is 0 Å². The minimum Gasteiger partial charge on any atom is -0.332 e. The number of amides is 1. The molecule has 0 spiro atoms. The SMILES string of the molecule is CN(C)CCN(Cc1cccc(C#N)c1)C(=O)c1nc(Cl)c(Cl)c(Cl)c1Cl. The van der Waals surface area contributed by atoms with Crippen LogP contribution in [0.1, 0.15) is 21.6 Å². The first-order valence-corrected chi connectivity index (χ1v) is 9.38. The van der Waals surface area contributed by atoms with Gasteiger partial charge in [-0.3, -0.25) is 4.79 Å². The summed E-state index contributed by atoms with van der Waals surface area (Å²) in [6.07, 6.45) is 0. The molecule has 0 aliphatic heterocycles. The molecule has 2 rings (SSSR count). The standard InChI is InChI=1S/C18H16Cl4N4O/c1-25(2)6-7-26(10-12-5-3-4-11(8-12)9-23)18(27)16-14(20)13(19)15(21)17(22)24-16/h3-5,8H,6-7,10H2,1-2H3. The predicted octanol–water partition coefficient (Wildman–Crippen LogP) is 4.77. The van der Waals surface area contributed by atoms with Gasteiger partial charge in [0.25, 0.3) is 5.91 Å². The molecule has 0 aliphatic carbocycles. The molecular formula is C18H16Cl4N4O. The molecule has 0 bridgehead atoms. The molecule has 1 aromatic heterocycles. The number of aromatic nitrogens is 1. The summed E-state index contributed by atoms with van der Waals surface area (Å²) in [6, 6.07) is 9.13. The van der Waals surface area contributed by atoms with E-state index in [9.17, 15) is 4.79 Å². The molecule has 0 saturated heterocycles. The first-order chi connectivity index (χ1) is 12.7. The van der Waals surface area contributed by atoms with Crippen LogP contribution in [0.25, 0.3) is 0 Å². The number of rotatable bonds is 6. The van der Waals surface area contributed by atoms with Gasteiger partial charge in [0.2, 0.25) is 0 Å². The number of carbonyl (C=O) groups is 1. The Morgan fingerprint density at radius 1 is 1.11 bits per heavy atom. The highest BCUT2D eigenvalue weighted by atomic mass is 35.5. The minimum atomic E-state index is -0.426. The molecule has 9 heteroatoms. The summed E-state index contributed by atoms with van der Waals surface area (Å²) in [6.45, 7) is 1.31. The highest BCUT2D eigenvalue weighted by molar-refractivity contribution is 6.52. The number of halogens is 4. The maximum absolute atomic E-state index is 13.1. The molecule has 0 aliphatic rings. The van der Waals surface area contributed by atoms with E-state index in [4.69, 9.17) is 51.7 Å². The molecule has 0 radical (unpaired) electrons. The second-order valence-electron chi connectivity index (χ2n) is 6.04. The lowest BCUT2D eigenvalue weighted by Crippen LogP contribution is -2.37. The highest BCUT2D eigenvalue weighted by Crippen LogP contribution is 2.36. The predicted molar refractivity (Wildman–Crippen MR) is 109 cm³/mol. The highest BCUT2D eigenvalue weighted by Gasteiger charge is 2.25. The molecule has 1 amide bonds. The molecule has 0 unspecified atom stereocenters.